The van der Waals surface area contributed by atoms with Crippen LogP contribution in [0, 0.1) is 0 Å². The number of para-hydroxylation sites is 2. The van der Waals surface area contributed by atoms with Crippen molar-refractivity contribution in [3.63, 3.8) is 0 Å². The van der Waals surface area contributed by atoms with Crippen molar-refractivity contribution < 1.29 is 0 Å². The number of hydrogen-bond donors (Lipinski definition) is 1. The molecule has 4 heteroatoms. The molecule has 1 aromatic carbocycles. The number of fused-ring (bicyclic) bond motifs is 1. The van der Waals surface area contributed by atoms with Crippen molar-refractivity contribution in [1.82, 2.24) is 9.97 Å². The second-order valence-electron chi connectivity index (χ2n) is 5.02. The Balaban J connectivity index is 2.42. The van der Waals surface area contributed by atoms with E-state index in [2.05, 4.69) is 41.4 Å². The van der Waals surface area contributed by atoms with Crippen LogP contribution in [0.5, 0.6) is 0 Å². The first kappa shape index (κ1) is 16.7. The van der Waals surface area contributed by atoms with E-state index in [9.17, 15) is 0 Å². The molecule has 0 atom stereocenters. The number of halogens is 1. The van der Waals surface area contributed by atoms with Crippen molar-refractivity contribution in [3.8, 4) is 0 Å². The van der Waals surface area contributed by atoms with Gasteiger partial charge in [-0.2, -0.15) is 0 Å². The van der Waals surface area contributed by atoms with Crippen LogP contribution in [-0.4, -0.2) is 16.7 Å². The number of imidazole rings is 1. The van der Waals surface area contributed by atoms with E-state index in [-0.39, 0.29) is 0 Å². The minimum Gasteiger partial charge on any atom is -0.337 e. The Kier molecular flexibility index (Phi) is 5.14. The van der Waals surface area contributed by atoms with Gasteiger partial charge in [0.2, 0.25) is 0 Å². The summed E-state index contributed by atoms with van der Waals surface area (Å²) in [6.07, 6.45) is 3.44. The van der Waals surface area contributed by atoms with Crippen LogP contribution in [0.25, 0.3) is 16.7 Å². The molecule has 1 aromatic heterocycles. The molecule has 0 aliphatic carbocycles. The smallest absolute Gasteiger partial charge is 0.157 e. The molecule has 23 heavy (non-hydrogen) atoms. The molecule has 0 radical (unpaired) electrons. The standard InChI is InChI=1S/C19H18ClN3/c1-12(10-11-13(2)20)14(3)15(4)18(21-5)19-22-16-8-6-7-9-17(16)23-19/h6-11H,1-3,5H2,4H3,(H,22,23)/b11-10-,18-15-. The average molecular weight is 324 g/mol. The molecule has 1 heterocycles. The molecule has 0 bridgehead atoms. The number of hydrogen-bond acceptors (Lipinski definition) is 2. The van der Waals surface area contributed by atoms with Crippen molar-refractivity contribution in [2.45, 2.75) is 6.92 Å². The van der Waals surface area contributed by atoms with Gasteiger partial charge in [0.25, 0.3) is 0 Å². The summed E-state index contributed by atoms with van der Waals surface area (Å²) in [5.74, 6) is 0.651. The van der Waals surface area contributed by atoms with Crippen LogP contribution in [0.4, 0.5) is 0 Å². The van der Waals surface area contributed by atoms with Crippen molar-refractivity contribution in [3.05, 3.63) is 83.7 Å². The summed E-state index contributed by atoms with van der Waals surface area (Å²) >= 11 is 5.73. The number of benzene rings is 1. The largest absolute Gasteiger partial charge is 0.337 e. The summed E-state index contributed by atoms with van der Waals surface area (Å²) in [5.41, 5.74) is 4.77. The van der Waals surface area contributed by atoms with Gasteiger partial charge in [-0.3, -0.25) is 4.99 Å². The summed E-state index contributed by atoms with van der Waals surface area (Å²) in [6.45, 7) is 17.2. The van der Waals surface area contributed by atoms with Crippen LogP contribution >= 0.6 is 11.6 Å². The summed E-state index contributed by atoms with van der Waals surface area (Å²) in [5, 5.41) is 0.430. The number of H-pyrrole nitrogens is 1. The Morgan fingerprint density at radius 1 is 1.22 bits per heavy atom. The van der Waals surface area contributed by atoms with Gasteiger partial charge in [-0.15, -0.1) is 0 Å². The number of aromatic nitrogens is 2. The second kappa shape index (κ2) is 7.07. The van der Waals surface area contributed by atoms with E-state index in [1.54, 1.807) is 12.2 Å². The quantitative estimate of drug-likeness (QED) is 0.560. The van der Waals surface area contributed by atoms with Crippen LogP contribution < -0.4 is 0 Å². The topological polar surface area (TPSA) is 41.0 Å². The lowest BCUT2D eigenvalue weighted by atomic mass is 9.99. The first-order valence-electron chi connectivity index (χ1n) is 6.97. The summed E-state index contributed by atoms with van der Waals surface area (Å²) in [7, 11) is 0. The van der Waals surface area contributed by atoms with Crippen LogP contribution in [-0.2, 0) is 0 Å². The first-order chi connectivity index (χ1) is 10.9. The SMILES string of the molecule is C=N/C(=C(/C)C(=C)C(=C)/C=C\C(=C)Cl)c1nc2ccccc2[nH]1. The number of nitrogens with one attached hydrogen (secondary N) is 1. The van der Waals surface area contributed by atoms with Crippen LogP contribution in [0.3, 0.4) is 0 Å². The zero-order chi connectivity index (χ0) is 17.0. The summed E-state index contributed by atoms with van der Waals surface area (Å²) in [4.78, 5) is 11.9. The van der Waals surface area contributed by atoms with Gasteiger partial charge in [-0.1, -0.05) is 49.5 Å². The van der Waals surface area contributed by atoms with E-state index in [1.165, 1.54) is 0 Å². The number of nitrogens with zero attached hydrogens (tertiary/aromatic N) is 2. The van der Waals surface area contributed by atoms with Gasteiger partial charge in [0.05, 0.1) is 11.0 Å². The predicted octanol–water partition coefficient (Wildman–Crippen LogP) is 5.42. The maximum absolute atomic E-state index is 5.73. The first-order valence-corrected chi connectivity index (χ1v) is 7.35. The van der Waals surface area contributed by atoms with Crippen molar-refractivity contribution >= 4 is 35.0 Å². The molecule has 0 unspecified atom stereocenters. The lowest BCUT2D eigenvalue weighted by molar-refractivity contribution is 1.21. The van der Waals surface area contributed by atoms with Gasteiger partial charge in [-0.05, 0) is 48.6 Å². The van der Waals surface area contributed by atoms with E-state index < -0.39 is 0 Å². The van der Waals surface area contributed by atoms with Crippen LogP contribution in [0.1, 0.15) is 12.7 Å². The Morgan fingerprint density at radius 2 is 1.91 bits per heavy atom. The zero-order valence-electron chi connectivity index (χ0n) is 13.1. The van der Waals surface area contributed by atoms with Crippen molar-refractivity contribution in [2.75, 3.05) is 0 Å². The summed E-state index contributed by atoms with van der Waals surface area (Å²) < 4.78 is 0. The molecule has 0 aliphatic rings. The van der Waals surface area contributed by atoms with E-state index in [4.69, 9.17) is 11.6 Å². The van der Waals surface area contributed by atoms with Crippen molar-refractivity contribution in [2.24, 2.45) is 4.99 Å². The van der Waals surface area contributed by atoms with Crippen LogP contribution in [0.15, 0.2) is 82.9 Å². The van der Waals surface area contributed by atoms with Gasteiger partial charge in [0.15, 0.2) is 5.82 Å². The highest BCUT2D eigenvalue weighted by molar-refractivity contribution is 6.30. The molecule has 2 aromatic rings. The normalized spacial score (nSPS) is 12.3. The van der Waals surface area contributed by atoms with Gasteiger partial charge in [0, 0.05) is 5.03 Å². The Bertz CT molecular complexity index is 833. The third-order valence-electron chi connectivity index (χ3n) is 3.43. The molecule has 1 N–H and O–H groups in total. The third kappa shape index (κ3) is 3.76. The molecule has 0 fully saturated rings. The number of aliphatic imine (C=N–C) groups is 1. The molecule has 0 saturated heterocycles. The highest BCUT2D eigenvalue weighted by atomic mass is 35.5. The van der Waals surface area contributed by atoms with Gasteiger partial charge in [-0.25, -0.2) is 4.98 Å². The fraction of sp³-hybridized carbons (Fsp3) is 0.0526. The number of rotatable bonds is 6. The van der Waals surface area contributed by atoms with Crippen LogP contribution in [0.2, 0.25) is 0 Å². The zero-order valence-corrected chi connectivity index (χ0v) is 13.8. The second-order valence-corrected chi connectivity index (χ2v) is 5.50. The third-order valence-corrected chi connectivity index (χ3v) is 3.56. The van der Waals surface area contributed by atoms with E-state index >= 15 is 0 Å². The van der Waals surface area contributed by atoms with Crippen molar-refractivity contribution in [1.29, 1.82) is 0 Å². The fourth-order valence-corrected chi connectivity index (χ4v) is 2.17. The maximum atomic E-state index is 5.73. The van der Waals surface area contributed by atoms with E-state index in [0.29, 0.717) is 16.6 Å². The molecular formula is C19H18ClN3. The molecule has 0 spiro atoms. The van der Waals surface area contributed by atoms with Gasteiger partial charge >= 0.3 is 0 Å². The average Bonchev–Trinajstić information content (AvgIpc) is 2.95. The molecule has 0 aliphatic heterocycles. The van der Waals surface area contributed by atoms with E-state index in [0.717, 1.165) is 27.8 Å². The lowest BCUT2D eigenvalue weighted by Gasteiger charge is -2.09. The molecule has 0 amide bonds. The van der Waals surface area contributed by atoms with Gasteiger partial charge in [0.1, 0.15) is 5.70 Å². The lowest BCUT2D eigenvalue weighted by Crippen LogP contribution is -1.94. The summed E-state index contributed by atoms with van der Waals surface area (Å²) in [6, 6.07) is 7.79. The highest BCUT2D eigenvalue weighted by Gasteiger charge is 2.12. The predicted molar refractivity (Wildman–Crippen MR) is 101 cm³/mol. The Hall–Kier alpha value is -2.65. The minimum absolute atomic E-state index is 0.430. The molecule has 0 saturated carbocycles. The number of allylic oxidation sites excluding steroid dienone is 6. The fourth-order valence-electron chi connectivity index (χ4n) is 2.11. The highest BCUT2D eigenvalue weighted by Crippen LogP contribution is 2.27. The molecule has 2 rings (SSSR count). The van der Waals surface area contributed by atoms with Gasteiger partial charge < -0.3 is 4.98 Å². The molecule has 3 nitrogen and oxygen atoms in total. The maximum Gasteiger partial charge on any atom is 0.157 e. The van der Waals surface area contributed by atoms with E-state index in [1.807, 2.05) is 31.2 Å². The monoisotopic (exact) mass is 323 g/mol. The number of aromatic amines is 1. The molecular weight excluding hydrogens is 306 g/mol. The Labute approximate surface area is 141 Å². The minimum atomic E-state index is 0.430. The Morgan fingerprint density at radius 3 is 2.52 bits per heavy atom. The molecule has 116 valence electrons.